The molecule has 98 valence electrons. The first-order chi connectivity index (χ1) is 9.26. The summed E-state index contributed by atoms with van der Waals surface area (Å²) in [5.74, 6) is 0.170. The summed E-state index contributed by atoms with van der Waals surface area (Å²) in [5.41, 5.74) is 2.54. The van der Waals surface area contributed by atoms with E-state index in [0.29, 0.717) is 17.7 Å². The normalized spacial score (nSPS) is 10.0. The van der Waals surface area contributed by atoms with E-state index in [9.17, 15) is 4.79 Å². The molecule has 0 unspecified atom stereocenters. The SMILES string of the molecule is COC(=O)c1c(Cc2ccccc2)cccc1OC. The van der Waals surface area contributed by atoms with E-state index in [2.05, 4.69) is 0 Å². The molecule has 3 heteroatoms. The smallest absolute Gasteiger partial charge is 0.341 e. The van der Waals surface area contributed by atoms with Gasteiger partial charge in [0.25, 0.3) is 0 Å². The molecule has 0 aliphatic heterocycles. The van der Waals surface area contributed by atoms with E-state index >= 15 is 0 Å². The first-order valence-electron chi connectivity index (χ1n) is 6.04. The first kappa shape index (κ1) is 13.1. The summed E-state index contributed by atoms with van der Waals surface area (Å²) in [6.07, 6.45) is 0.669. The van der Waals surface area contributed by atoms with Gasteiger partial charge in [-0.05, 0) is 23.6 Å². The van der Waals surface area contributed by atoms with Gasteiger partial charge >= 0.3 is 5.97 Å². The maximum Gasteiger partial charge on any atom is 0.341 e. The van der Waals surface area contributed by atoms with Crippen LogP contribution in [0.1, 0.15) is 21.5 Å². The number of carbonyl (C=O) groups excluding carboxylic acids is 1. The molecule has 0 fully saturated rings. The number of ether oxygens (including phenoxy) is 2. The van der Waals surface area contributed by atoms with Gasteiger partial charge in [0, 0.05) is 0 Å². The number of hydrogen-bond acceptors (Lipinski definition) is 3. The second kappa shape index (κ2) is 6.05. The molecule has 0 amide bonds. The summed E-state index contributed by atoms with van der Waals surface area (Å²) in [7, 11) is 2.93. The zero-order valence-corrected chi connectivity index (χ0v) is 11.1. The van der Waals surface area contributed by atoms with Crippen LogP contribution in [0.5, 0.6) is 5.75 Å². The number of esters is 1. The van der Waals surface area contributed by atoms with Gasteiger partial charge in [0.15, 0.2) is 0 Å². The van der Waals surface area contributed by atoms with Crippen LogP contribution >= 0.6 is 0 Å². The van der Waals surface area contributed by atoms with Gasteiger partial charge in [0.2, 0.25) is 0 Å². The van der Waals surface area contributed by atoms with Crippen molar-refractivity contribution < 1.29 is 14.3 Å². The van der Waals surface area contributed by atoms with Gasteiger partial charge in [0.05, 0.1) is 14.2 Å². The van der Waals surface area contributed by atoms with Gasteiger partial charge in [-0.25, -0.2) is 4.79 Å². The lowest BCUT2D eigenvalue weighted by Gasteiger charge is -2.12. The van der Waals surface area contributed by atoms with Gasteiger partial charge in [-0.1, -0.05) is 42.5 Å². The van der Waals surface area contributed by atoms with E-state index in [0.717, 1.165) is 11.1 Å². The van der Waals surface area contributed by atoms with Crippen molar-refractivity contribution in [2.24, 2.45) is 0 Å². The quantitative estimate of drug-likeness (QED) is 0.789. The molecule has 0 N–H and O–H groups in total. The predicted molar refractivity (Wildman–Crippen MR) is 73.6 cm³/mol. The molecule has 0 bridgehead atoms. The maximum atomic E-state index is 11.9. The van der Waals surface area contributed by atoms with Crippen LogP contribution in [0.2, 0.25) is 0 Å². The number of rotatable bonds is 4. The maximum absolute atomic E-state index is 11.9. The molecule has 0 saturated carbocycles. The van der Waals surface area contributed by atoms with E-state index in [4.69, 9.17) is 9.47 Å². The third-order valence-corrected chi connectivity index (χ3v) is 2.96. The van der Waals surface area contributed by atoms with E-state index in [1.54, 1.807) is 13.2 Å². The Labute approximate surface area is 112 Å². The fourth-order valence-electron chi connectivity index (χ4n) is 2.04. The van der Waals surface area contributed by atoms with Crippen molar-refractivity contribution in [1.82, 2.24) is 0 Å². The molecule has 0 aliphatic rings. The second-order valence-electron chi connectivity index (χ2n) is 4.15. The Morgan fingerprint density at radius 2 is 1.74 bits per heavy atom. The third-order valence-electron chi connectivity index (χ3n) is 2.96. The molecule has 0 atom stereocenters. The van der Waals surface area contributed by atoms with Crippen LogP contribution in [0.25, 0.3) is 0 Å². The highest BCUT2D eigenvalue weighted by Crippen LogP contribution is 2.25. The van der Waals surface area contributed by atoms with Crippen LogP contribution in [-0.2, 0) is 11.2 Å². The molecule has 0 radical (unpaired) electrons. The van der Waals surface area contributed by atoms with Gasteiger partial charge < -0.3 is 9.47 Å². The topological polar surface area (TPSA) is 35.5 Å². The van der Waals surface area contributed by atoms with E-state index in [1.807, 2.05) is 42.5 Å². The fraction of sp³-hybridized carbons (Fsp3) is 0.188. The summed E-state index contributed by atoms with van der Waals surface area (Å²) >= 11 is 0. The molecule has 0 saturated heterocycles. The number of benzene rings is 2. The van der Waals surface area contributed by atoms with Crippen molar-refractivity contribution in [2.75, 3.05) is 14.2 Å². The standard InChI is InChI=1S/C16H16O3/c1-18-14-10-6-9-13(15(14)16(17)19-2)11-12-7-4-3-5-8-12/h3-10H,11H2,1-2H3. The zero-order valence-electron chi connectivity index (χ0n) is 11.1. The lowest BCUT2D eigenvalue weighted by molar-refractivity contribution is 0.0596. The van der Waals surface area contributed by atoms with Gasteiger partial charge in [-0.3, -0.25) is 0 Å². The minimum absolute atomic E-state index is 0.372. The molecule has 2 aromatic carbocycles. The van der Waals surface area contributed by atoms with Gasteiger partial charge in [-0.2, -0.15) is 0 Å². The highest BCUT2D eigenvalue weighted by atomic mass is 16.5. The largest absolute Gasteiger partial charge is 0.496 e. The Balaban J connectivity index is 2.42. The van der Waals surface area contributed by atoms with Crippen LogP contribution < -0.4 is 4.74 Å². The molecule has 19 heavy (non-hydrogen) atoms. The molecule has 0 aromatic heterocycles. The molecule has 3 nitrogen and oxygen atoms in total. The second-order valence-corrected chi connectivity index (χ2v) is 4.15. The molecule has 0 heterocycles. The summed E-state index contributed by atoms with van der Waals surface area (Å²) in [6.45, 7) is 0. The average Bonchev–Trinajstić information content (AvgIpc) is 2.47. The van der Waals surface area contributed by atoms with E-state index in [1.165, 1.54) is 7.11 Å². The van der Waals surface area contributed by atoms with Crippen molar-refractivity contribution in [2.45, 2.75) is 6.42 Å². The van der Waals surface area contributed by atoms with E-state index < -0.39 is 0 Å². The average molecular weight is 256 g/mol. The van der Waals surface area contributed by atoms with Crippen LogP contribution in [0.4, 0.5) is 0 Å². The van der Waals surface area contributed by atoms with Crippen molar-refractivity contribution in [1.29, 1.82) is 0 Å². The molecular weight excluding hydrogens is 240 g/mol. The molecule has 0 aliphatic carbocycles. The van der Waals surface area contributed by atoms with Crippen LogP contribution in [0, 0.1) is 0 Å². The summed E-state index contributed by atoms with van der Waals surface area (Å²) < 4.78 is 10.1. The third kappa shape index (κ3) is 2.94. The number of methoxy groups -OCH3 is 2. The number of hydrogen-bond donors (Lipinski definition) is 0. The monoisotopic (exact) mass is 256 g/mol. The van der Waals surface area contributed by atoms with Crippen molar-refractivity contribution in [3.8, 4) is 5.75 Å². The lowest BCUT2D eigenvalue weighted by Crippen LogP contribution is -2.08. The highest BCUT2D eigenvalue weighted by molar-refractivity contribution is 5.94. The Morgan fingerprint density at radius 1 is 1.00 bits per heavy atom. The fourth-order valence-corrected chi connectivity index (χ4v) is 2.04. The van der Waals surface area contributed by atoms with Crippen LogP contribution in [0.3, 0.4) is 0 Å². The minimum Gasteiger partial charge on any atom is -0.496 e. The molecule has 2 rings (SSSR count). The van der Waals surface area contributed by atoms with Crippen LogP contribution in [-0.4, -0.2) is 20.2 Å². The predicted octanol–water partition coefficient (Wildman–Crippen LogP) is 3.07. The Bertz CT molecular complexity index is 561. The number of carbonyl (C=O) groups is 1. The molecule has 2 aromatic rings. The highest BCUT2D eigenvalue weighted by Gasteiger charge is 2.17. The zero-order chi connectivity index (χ0) is 13.7. The Morgan fingerprint density at radius 3 is 2.37 bits per heavy atom. The minimum atomic E-state index is -0.372. The van der Waals surface area contributed by atoms with Gasteiger partial charge in [-0.15, -0.1) is 0 Å². The van der Waals surface area contributed by atoms with Crippen molar-refractivity contribution in [3.63, 3.8) is 0 Å². The summed E-state index contributed by atoms with van der Waals surface area (Å²) in [5, 5.41) is 0. The summed E-state index contributed by atoms with van der Waals surface area (Å²) in [4.78, 5) is 11.9. The van der Waals surface area contributed by atoms with Crippen molar-refractivity contribution >= 4 is 5.97 Å². The Kier molecular flexibility index (Phi) is 4.18. The molecule has 0 spiro atoms. The summed E-state index contributed by atoms with van der Waals surface area (Å²) in [6, 6.07) is 15.5. The first-order valence-corrected chi connectivity index (χ1v) is 6.04. The Hall–Kier alpha value is -2.29. The lowest BCUT2D eigenvalue weighted by atomic mass is 9.99. The van der Waals surface area contributed by atoms with Crippen LogP contribution in [0.15, 0.2) is 48.5 Å². The van der Waals surface area contributed by atoms with E-state index in [-0.39, 0.29) is 5.97 Å². The van der Waals surface area contributed by atoms with Crippen molar-refractivity contribution in [3.05, 3.63) is 65.2 Å². The molecular formula is C16H16O3. The van der Waals surface area contributed by atoms with Gasteiger partial charge in [0.1, 0.15) is 11.3 Å².